The van der Waals surface area contributed by atoms with Crippen LogP contribution in [-0.4, -0.2) is 25.1 Å². The van der Waals surface area contributed by atoms with Crippen LogP contribution in [0.1, 0.15) is 11.1 Å². The maximum Gasteiger partial charge on any atom is 0.416 e. The molecule has 2 rings (SSSR count). The summed E-state index contributed by atoms with van der Waals surface area (Å²) in [4.78, 5) is 23.4. The van der Waals surface area contributed by atoms with Gasteiger partial charge in [0.1, 0.15) is 5.75 Å². The lowest BCUT2D eigenvalue weighted by Gasteiger charge is -2.08. The number of methoxy groups -OCH3 is 1. The van der Waals surface area contributed by atoms with E-state index in [9.17, 15) is 22.8 Å². The van der Waals surface area contributed by atoms with Crippen LogP contribution < -0.4 is 15.5 Å². The monoisotopic (exact) mass is 365 g/mol. The van der Waals surface area contributed by atoms with E-state index in [2.05, 4.69) is 10.4 Å². The number of alkyl halides is 3. The standard InChI is InChI=1S/C17H14F3N3O3/c1-26-14-5-3-2-4-11(14)10-21-23-16(25)15(24)22-13-8-6-12(7-9-13)17(18,19)20/h2-10H,1H3,(H,22,24)(H,23,25). The van der Waals surface area contributed by atoms with Crippen molar-refractivity contribution in [2.75, 3.05) is 12.4 Å². The molecular weight excluding hydrogens is 351 g/mol. The average molecular weight is 365 g/mol. The number of hydrogen-bond acceptors (Lipinski definition) is 4. The SMILES string of the molecule is COc1ccccc1C=NNC(=O)C(=O)Nc1ccc(C(F)(F)F)cc1. The van der Waals surface area contributed by atoms with Crippen LogP contribution >= 0.6 is 0 Å². The number of nitrogens with zero attached hydrogens (tertiary/aromatic N) is 1. The minimum atomic E-state index is -4.48. The van der Waals surface area contributed by atoms with Crippen molar-refractivity contribution in [1.82, 2.24) is 5.43 Å². The maximum atomic E-state index is 12.5. The Kier molecular flexibility index (Phi) is 5.94. The number of ether oxygens (including phenoxy) is 1. The maximum absolute atomic E-state index is 12.5. The largest absolute Gasteiger partial charge is 0.496 e. The van der Waals surface area contributed by atoms with E-state index in [0.717, 1.165) is 24.3 Å². The van der Waals surface area contributed by atoms with Crippen LogP contribution in [0.4, 0.5) is 18.9 Å². The summed E-state index contributed by atoms with van der Waals surface area (Å²) in [6, 6.07) is 10.6. The molecule has 0 saturated heterocycles. The second kappa shape index (κ2) is 8.15. The van der Waals surface area contributed by atoms with Gasteiger partial charge in [0, 0.05) is 11.3 Å². The molecule has 26 heavy (non-hydrogen) atoms. The van der Waals surface area contributed by atoms with Crippen LogP contribution in [0.3, 0.4) is 0 Å². The normalized spacial score (nSPS) is 11.2. The number of para-hydroxylation sites is 1. The van der Waals surface area contributed by atoms with E-state index >= 15 is 0 Å². The van der Waals surface area contributed by atoms with E-state index in [4.69, 9.17) is 4.74 Å². The van der Waals surface area contributed by atoms with Crippen molar-refractivity contribution in [2.45, 2.75) is 6.18 Å². The third kappa shape index (κ3) is 5.07. The topological polar surface area (TPSA) is 79.8 Å². The summed E-state index contributed by atoms with van der Waals surface area (Å²) in [7, 11) is 1.47. The number of amides is 2. The van der Waals surface area contributed by atoms with Crippen molar-refractivity contribution in [3.05, 3.63) is 59.7 Å². The van der Waals surface area contributed by atoms with E-state index in [1.165, 1.54) is 13.3 Å². The lowest BCUT2D eigenvalue weighted by molar-refractivity contribution is -0.137. The Morgan fingerprint density at radius 2 is 1.69 bits per heavy atom. The van der Waals surface area contributed by atoms with Crippen molar-refractivity contribution in [1.29, 1.82) is 0 Å². The lowest BCUT2D eigenvalue weighted by atomic mass is 10.2. The van der Waals surface area contributed by atoms with E-state index < -0.39 is 23.6 Å². The molecular formula is C17H14F3N3O3. The Hall–Kier alpha value is -3.36. The molecule has 0 heterocycles. The number of benzene rings is 2. The van der Waals surface area contributed by atoms with Gasteiger partial charge in [0.25, 0.3) is 0 Å². The van der Waals surface area contributed by atoms with Gasteiger partial charge in [-0.25, -0.2) is 5.43 Å². The number of rotatable bonds is 4. The Morgan fingerprint density at radius 1 is 1.04 bits per heavy atom. The summed E-state index contributed by atoms with van der Waals surface area (Å²) >= 11 is 0. The van der Waals surface area contributed by atoms with Crippen LogP contribution in [0, 0.1) is 0 Å². The molecule has 2 amide bonds. The van der Waals surface area contributed by atoms with Gasteiger partial charge in [-0.1, -0.05) is 12.1 Å². The second-order valence-electron chi connectivity index (χ2n) is 4.97. The smallest absolute Gasteiger partial charge is 0.416 e. The number of hydrogen-bond donors (Lipinski definition) is 2. The molecule has 6 nitrogen and oxygen atoms in total. The second-order valence-corrected chi connectivity index (χ2v) is 4.97. The van der Waals surface area contributed by atoms with Gasteiger partial charge < -0.3 is 10.1 Å². The number of anilines is 1. The van der Waals surface area contributed by atoms with Gasteiger partial charge in [0.15, 0.2) is 0 Å². The summed E-state index contributed by atoms with van der Waals surface area (Å²) in [6.07, 6.45) is -3.19. The third-order valence-electron chi connectivity index (χ3n) is 3.18. The van der Waals surface area contributed by atoms with Gasteiger partial charge in [-0.2, -0.15) is 18.3 Å². The summed E-state index contributed by atoms with van der Waals surface area (Å²) in [5, 5.41) is 5.82. The van der Waals surface area contributed by atoms with E-state index in [1.54, 1.807) is 24.3 Å². The fourth-order valence-electron chi connectivity index (χ4n) is 1.91. The zero-order chi connectivity index (χ0) is 19.2. The molecule has 0 spiro atoms. The summed E-state index contributed by atoms with van der Waals surface area (Å²) < 4.78 is 42.5. The number of carbonyl (C=O) groups is 2. The van der Waals surface area contributed by atoms with Gasteiger partial charge in [-0.3, -0.25) is 9.59 Å². The number of hydrazone groups is 1. The lowest BCUT2D eigenvalue weighted by Crippen LogP contribution is -2.32. The molecule has 0 saturated carbocycles. The van der Waals surface area contributed by atoms with Crippen LogP contribution in [0.2, 0.25) is 0 Å². The average Bonchev–Trinajstić information content (AvgIpc) is 2.61. The van der Waals surface area contributed by atoms with Gasteiger partial charge in [-0.05, 0) is 36.4 Å². The van der Waals surface area contributed by atoms with Crippen LogP contribution in [0.5, 0.6) is 5.75 Å². The van der Waals surface area contributed by atoms with Crippen molar-refractivity contribution < 1.29 is 27.5 Å². The molecule has 0 unspecified atom stereocenters. The summed E-state index contributed by atoms with van der Waals surface area (Å²) in [6.45, 7) is 0. The Bertz CT molecular complexity index is 818. The number of carbonyl (C=O) groups excluding carboxylic acids is 2. The molecule has 0 aliphatic carbocycles. The van der Waals surface area contributed by atoms with E-state index in [-0.39, 0.29) is 5.69 Å². The molecule has 0 bridgehead atoms. The van der Waals surface area contributed by atoms with Gasteiger partial charge in [0.2, 0.25) is 0 Å². The molecule has 0 fully saturated rings. The van der Waals surface area contributed by atoms with Crippen LogP contribution in [-0.2, 0) is 15.8 Å². The predicted molar refractivity (Wildman–Crippen MR) is 88.8 cm³/mol. The molecule has 0 aliphatic heterocycles. The van der Waals surface area contributed by atoms with Gasteiger partial charge in [-0.15, -0.1) is 0 Å². The predicted octanol–water partition coefficient (Wildman–Crippen LogP) is 2.80. The van der Waals surface area contributed by atoms with Crippen molar-refractivity contribution in [3.8, 4) is 5.75 Å². The van der Waals surface area contributed by atoms with Gasteiger partial charge in [0.05, 0.1) is 18.9 Å². The van der Waals surface area contributed by atoms with Crippen LogP contribution in [0.25, 0.3) is 0 Å². The Morgan fingerprint density at radius 3 is 2.31 bits per heavy atom. The summed E-state index contributed by atoms with van der Waals surface area (Å²) in [5.41, 5.74) is 1.79. The molecule has 0 aromatic heterocycles. The molecule has 2 N–H and O–H groups in total. The number of nitrogens with one attached hydrogen (secondary N) is 2. The first kappa shape index (κ1) is 19.0. The molecule has 0 atom stereocenters. The minimum absolute atomic E-state index is 0.0480. The first-order valence-corrected chi connectivity index (χ1v) is 7.26. The molecule has 0 radical (unpaired) electrons. The highest BCUT2D eigenvalue weighted by molar-refractivity contribution is 6.39. The first-order chi connectivity index (χ1) is 12.3. The zero-order valence-electron chi connectivity index (χ0n) is 13.5. The molecule has 136 valence electrons. The molecule has 2 aromatic rings. The van der Waals surface area contributed by atoms with Crippen molar-refractivity contribution >= 4 is 23.7 Å². The molecule has 9 heteroatoms. The number of halogens is 3. The van der Waals surface area contributed by atoms with E-state index in [1.807, 2.05) is 5.43 Å². The highest BCUT2D eigenvalue weighted by Gasteiger charge is 2.30. The summed E-state index contributed by atoms with van der Waals surface area (Å²) in [5.74, 6) is -1.61. The highest BCUT2D eigenvalue weighted by atomic mass is 19.4. The quantitative estimate of drug-likeness (QED) is 0.497. The van der Waals surface area contributed by atoms with Crippen molar-refractivity contribution in [3.63, 3.8) is 0 Å². The van der Waals surface area contributed by atoms with Gasteiger partial charge >= 0.3 is 18.0 Å². The Labute approximate surface area is 146 Å². The minimum Gasteiger partial charge on any atom is -0.496 e. The third-order valence-corrected chi connectivity index (χ3v) is 3.18. The van der Waals surface area contributed by atoms with Crippen LogP contribution in [0.15, 0.2) is 53.6 Å². The van der Waals surface area contributed by atoms with Crippen molar-refractivity contribution in [2.24, 2.45) is 5.10 Å². The highest BCUT2D eigenvalue weighted by Crippen LogP contribution is 2.29. The fourth-order valence-corrected chi connectivity index (χ4v) is 1.91. The van der Waals surface area contributed by atoms with E-state index in [0.29, 0.717) is 11.3 Å². The molecule has 2 aromatic carbocycles. The zero-order valence-corrected chi connectivity index (χ0v) is 13.5. The molecule has 0 aliphatic rings. The fraction of sp³-hybridized carbons (Fsp3) is 0.118. The Balaban J connectivity index is 1.93. The first-order valence-electron chi connectivity index (χ1n) is 7.26.